The molecule has 0 bridgehead atoms. The van der Waals surface area contributed by atoms with Gasteiger partial charge >= 0.3 is 0 Å². The second kappa shape index (κ2) is 7.50. The van der Waals surface area contributed by atoms with Crippen LogP contribution in [0.5, 0.6) is 0 Å². The molecule has 0 saturated carbocycles. The number of rotatable bonds is 4. The summed E-state index contributed by atoms with van der Waals surface area (Å²) in [5, 5.41) is 4.08. The van der Waals surface area contributed by atoms with Crippen molar-refractivity contribution in [2.24, 2.45) is 5.92 Å². The summed E-state index contributed by atoms with van der Waals surface area (Å²) in [6, 6.07) is 10.3. The van der Waals surface area contributed by atoms with Crippen molar-refractivity contribution in [3.63, 3.8) is 0 Å². The van der Waals surface area contributed by atoms with Crippen LogP contribution in [0.25, 0.3) is 15.9 Å². The van der Waals surface area contributed by atoms with E-state index in [1.54, 1.807) is 36.4 Å². The molecule has 2 aromatic heterocycles. The van der Waals surface area contributed by atoms with Crippen LogP contribution in [0, 0.1) is 12.5 Å². The predicted octanol–water partition coefficient (Wildman–Crippen LogP) is 3.26. The van der Waals surface area contributed by atoms with Crippen LogP contribution >= 0.6 is 0 Å². The molecule has 0 spiro atoms. The van der Waals surface area contributed by atoms with E-state index in [4.69, 9.17) is 6.57 Å². The zero-order valence-electron chi connectivity index (χ0n) is 16.4. The minimum Gasteiger partial charge on any atom is -0.378 e. The summed E-state index contributed by atoms with van der Waals surface area (Å²) in [6.45, 7) is 11.6. The molecule has 1 aliphatic heterocycles. The highest BCUT2D eigenvalue weighted by Gasteiger charge is 2.29. The van der Waals surface area contributed by atoms with E-state index in [9.17, 15) is 8.42 Å². The minimum atomic E-state index is -3.77. The fourth-order valence-electron chi connectivity index (χ4n) is 4.05. The summed E-state index contributed by atoms with van der Waals surface area (Å²) in [7, 11) is -1.80. The molecule has 0 amide bonds. The molecular weight excluding hydrogens is 386 g/mol. The fourth-order valence-corrected chi connectivity index (χ4v) is 5.37. The van der Waals surface area contributed by atoms with Crippen molar-refractivity contribution in [1.29, 1.82) is 0 Å². The standard InChI is InChI=1S/C21H23N5O2S/c1-15-9-11-23-14-19(15)25(3)20-17-10-12-26(21(17)24-13-18(20)22-2)29(27,28)16-7-5-4-6-8-16/h4-8,10,12-13,15,19,23H,9,11,14H2,1,3H3/t15-,19?/m1/s1. The van der Waals surface area contributed by atoms with Crippen LogP contribution in [0.15, 0.2) is 53.7 Å². The number of anilines is 1. The van der Waals surface area contributed by atoms with Crippen LogP contribution in [0.3, 0.4) is 0 Å². The number of likely N-dealkylation sites (N-methyl/N-ethyl adjacent to an activating group) is 1. The van der Waals surface area contributed by atoms with Crippen LogP contribution in [0.2, 0.25) is 0 Å². The average molecular weight is 410 g/mol. The normalized spacial score (nSPS) is 19.8. The molecule has 3 aromatic rings. The first-order valence-corrected chi connectivity index (χ1v) is 11.0. The number of benzene rings is 1. The Morgan fingerprint density at radius 3 is 2.72 bits per heavy atom. The van der Waals surface area contributed by atoms with E-state index in [2.05, 4.69) is 27.0 Å². The Balaban J connectivity index is 1.87. The molecule has 150 valence electrons. The van der Waals surface area contributed by atoms with Crippen molar-refractivity contribution < 1.29 is 8.42 Å². The van der Waals surface area contributed by atoms with Crippen molar-refractivity contribution in [3.8, 4) is 0 Å². The van der Waals surface area contributed by atoms with Crippen molar-refractivity contribution in [2.75, 3.05) is 25.0 Å². The SMILES string of the molecule is [C-]#[N+]c1cnc2c(ccn2S(=O)(=O)c2ccccc2)c1N(C)C1CNCC[C@H]1C. The lowest BCUT2D eigenvalue weighted by Gasteiger charge is -2.38. The molecule has 1 unspecified atom stereocenters. The highest BCUT2D eigenvalue weighted by molar-refractivity contribution is 7.90. The molecule has 0 aliphatic carbocycles. The van der Waals surface area contributed by atoms with Crippen LogP contribution in [-0.4, -0.2) is 43.6 Å². The molecule has 1 N–H and O–H groups in total. The van der Waals surface area contributed by atoms with Crippen LogP contribution < -0.4 is 10.2 Å². The lowest BCUT2D eigenvalue weighted by molar-refractivity contribution is 0.339. The number of nitrogens with zero attached hydrogens (tertiary/aromatic N) is 4. The summed E-state index contributed by atoms with van der Waals surface area (Å²) >= 11 is 0. The molecule has 3 heterocycles. The first-order valence-electron chi connectivity index (χ1n) is 9.57. The Hall–Kier alpha value is -2.89. The molecule has 7 nitrogen and oxygen atoms in total. The lowest BCUT2D eigenvalue weighted by atomic mass is 9.93. The summed E-state index contributed by atoms with van der Waals surface area (Å²) in [5.74, 6) is 0.457. The van der Waals surface area contributed by atoms with Crippen molar-refractivity contribution >= 4 is 32.4 Å². The largest absolute Gasteiger partial charge is 0.378 e. The van der Waals surface area contributed by atoms with Gasteiger partial charge in [0.1, 0.15) is 0 Å². The number of aromatic nitrogens is 2. The molecule has 2 atom stereocenters. The van der Waals surface area contributed by atoms with Crippen LogP contribution in [0.4, 0.5) is 11.4 Å². The second-order valence-electron chi connectivity index (χ2n) is 7.42. The Morgan fingerprint density at radius 2 is 2.03 bits per heavy atom. The number of nitrogens with one attached hydrogen (secondary N) is 1. The molecule has 29 heavy (non-hydrogen) atoms. The third-order valence-corrected chi connectivity index (χ3v) is 7.37. The number of hydrogen-bond donors (Lipinski definition) is 1. The third kappa shape index (κ3) is 3.26. The maximum atomic E-state index is 13.1. The smallest absolute Gasteiger partial charge is 0.269 e. The van der Waals surface area contributed by atoms with Gasteiger partial charge in [-0.2, -0.15) is 0 Å². The lowest BCUT2D eigenvalue weighted by Crippen LogP contribution is -2.49. The van der Waals surface area contributed by atoms with Gasteiger partial charge in [-0.15, -0.1) is 0 Å². The molecular formula is C21H23N5O2S. The van der Waals surface area contributed by atoms with Gasteiger partial charge in [0, 0.05) is 37.4 Å². The van der Waals surface area contributed by atoms with E-state index in [-0.39, 0.29) is 10.9 Å². The number of fused-ring (bicyclic) bond motifs is 1. The minimum absolute atomic E-state index is 0.202. The first-order chi connectivity index (χ1) is 13.9. The maximum Gasteiger partial charge on any atom is 0.269 e. The van der Waals surface area contributed by atoms with E-state index in [1.807, 2.05) is 7.05 Å². The van der Waals surface area contributed by atoms with Gasteiger partial charge < -0.3 is 10.2 Å². The summed E-state index contributed by atoms with van der Waals surface area (Å²) in [4.78, 5) is 10.3. The second-order valence-corrected chi connectivity index (χ2v) is 9.23. The van der Waals surface area contributed by atoms with Crippen LogP contribution in [-0.2, 0) is 10.0 Å². The number of piperidine rings is 1. The topological polar surface area (TPSA) is 71.6 Å². The Bertz CT molecular complexity index is 1180. The number of pyridine rings is 1. The molecule has 0 radical (unpaired) electrons. The van der Waals surface area contributed by atoms with Gasteiger partial charge in [0.15, 0.2) is 5.65 Å². The number of hydrogen-bond acceptors (Lipinski definition) is 5. The zero-order chi connectivity index (χ0) is 20.6. The summed E-state index contributed by atoms with van der Waals surface area (Å²) in [5.41, 5.74) is 1.49. The van der Waals surface area contributed by atoms with Gasteiger partial charge in [-0.05, 0) is 37.1 Å². The van der Waals surface area contributed by atoms with Crippen molar-refractivity contribution in [3.05, 3.63) is 60.2 Å². The first kappa shape index (κ1) is 19.4. The fraction of sp³-hybridized carbons (Fsp3) is 0.333. The summed E-state index contributed by atoms with van der Waals surface area (Å²) in [6.07, 6.45) is 4.05. The van der Waals surface area contributed by atoms with E-state index < -0.39 is 10.0 Å². The zero-order valence-corrected chi connectivity index (χ0v) is 17.2. The average Bonchev–Trinajstić information content (AvgIpc) is 3.18. The predicted molar refractivity (Wildman–Crippen MR) is 114 cm³/mol. The highest BCUT2D eigenvalue weighted by Crippen LogP contribution is 2.38. The van der Waals surface area contributed by atoms with E-state index in [0.29, 0.717) is 22.6 Å². The third-order valence-electron chi connectivity index (χ3n) is 5.69. The molecule has 1 fully saturated rings. The molecule has 1 aliphatic rings. The quantitative estimate of drug-likeness (QED) is 0.670. The summed E-state index contributed by atoms with van der Waals surface area (Å²) < 4.78 is 27.5. The van der Waals surface area contributed by atoms with Crippen LogP contribution in [0.1, 0.15) is 13.3 Å². The van der Waals surface area contributed by atoms with E-state index in [0.717, 1.165) is 25.2 Å². The van der Waals surface area contributed by atoms with Gasteiger partial charge in [0.25, 0.3) is 10.0 Å². The Labute approximate surface area is 170 Å². The van der Waals surface area contributed by atoms with Crippen molar-refractivity contribution in [2.45, 2.75) is 24.3 Å². The maximum absolute atomic E-state index is 13.1. The highest BCUT2D eigenvalue weighted by atomic mass is 32.2. The van der Waals surface area contributed by atoms with E-state index >= 15 is 0 Å². The Kier molecular flexibility index (Phi) is 5.03. The molecule has 4 rings (SSSR count). The molecule has 1 saturated heterocycles. The monoisotopic (exact) mass is 409 g/mol. The van der Waals surface area contributed by atoms with Gasteiger partial charge in [-0.3, -0.25) is 0 Å². The molecule has 8 heteroatoms. The molecule has 1 aromatic carbocycles. The van der Waals surface area contributed by atoms with Crippen molar-refractivity contribution in [1.82, 2.24) is 14.3 Å². The van der Waals surface area contributed by atoms with Gasteiger partial charge in [0.2, 0.25) is 5.69 Å². The van der Waals surface area contributed by atoms with Gasteiger partial charge in [-0.25, -0.2) is 22.2 Å². The Morgan fingerprint density at radius 1 is 1.28 bits per heavy atom. The van der Waals surface area contributed by atoms with Gasteiger partial charge in [0.05, 0.1) is 17.2 Å². The van der Waals surface area contributed by atoms with E-state index in [1.165, 1.54) is 16.4 Å². The van der Waals surface area contributed by atoms with Gasteiger partial charge in [-0.1, -0.05) is 25.1 Å².